The smallest absolute Gasteiger partial charge is 0.267 e. The maximum atomic E-state index is 12.8. The van der Waals surface area contributed by atoms with E-state index in [9.17, 15) is 28.1 Å². The van der Waals surface area contributed by atoms with E-state index in [4.69, 9.17) is 0 Å². The van der Waals surface area contributed by atoms with Crippen molar-refractivity contribution in [2.24, 2.45) is 5.10 Å². The van der Waals surface area contributed by atoms with Gasteiger partial charge >= 0.3 is 6.18 Å². The molecule has 0 unspecified atom stereocenters. The Labute approximate surface area is 133 Å². The highest BCUT2D eigenvalue weighted by atomic mass is 19.4. The molecule has 9 heteroatoms. The molecule has 0 spiro atoms. The second kappa shape index (κ2) is 6.90. The third-order valence-corrected chi connectivity index (χ3v) is 2.98. The molecule has 124 valence electrons. The van der Waals surface area contributed by atoms with E-state index in [1.807, 2.05) is 0 Å². The van der Waals surface area contributed by atoms with Gasteiger partial charge < -0.3 is 0 Å². The summed E-state index contributed by atoms with van der Waals surface area (Å²) in [7, 11) is 0. The second-order valence-corrected chi connectivity index (χ2v) is 4.59. The number of nitro groups is 1. The van der Waals surface area contributed by atoms with Crippen molar-refractivity contribution < 1.29 is 22.9 Å². The molecule has 0 aliphatic heterocycles. The van der Waals surface area contributed by atoms with Crippen LogP contribution in [0, 0.1) is 10.1 Å². The van der Waals surface area contributed by atoms with Crippen molar-refractivity contribution in [2.45, 2.75) is 6.18 Å². The first kappa shape index (κ1) is 17.1. The van der Waals surface area contributed by atoms with Gasteiger partial charge in [0, 0.05) is 23.3 Å². The number of hydrogen-bond donors (Lipinski definition) is 1. The minimum absolute atomic E-state index is 0.0851. The van der Waals surface area contributed by atoms with Crippen LogP contribution in [0.4, 0.5) is 18.9 Å². The lowest BCUT2D eigenvalue weighted by Crippen LogP contribution is -2.18. The van der Waals surface area contributed by atoms with Gasteiger partial charge in [0.2, 0.25) is 0 Å². The van der Waals surface area contributed by atoms with E-state index in [-0.39, 0.29) is 16.8 Å². The molecule has 2 aromatic carbocycles. The Morgan fingerprint density at radius 1 is 1.12 bits per heavy atom. The number of carbonyl (C=O) groups excluding carboxylic acids is 1. The molecule has 0 atom stereocenters. The van der Waals surface area contributed by atoms with Crippen LogP contribution < -0.4 is 5.43 Å². The van der Waals surface area contributed by atoms with Gasteiger partial charge in [-0.1, -0.05) is 18.2 Å². The topological polar surface area (TPSA) is 84.6 Å². The zero-order chi connectivity index (χ0) is 17.7. The Bertz CT molecular complexity index is 787. The number of rotatable bonds is 4. The first-order chi connectivity index (χ1) is 11.3. The predicted octanol–water partition coefficient (Wildman–Crippen LogP) is 3.38. The van der Waals surface area contributed by atoms with Crippen molar-refractivity contribution >= 4 is 17.8 Å². The Morgan fingerprint density at radius 2 is 1.75 bits per heavy atom. The van der Waals surface area contributed by atoms with Crippen molar-refractivity contribution in [3.8, 4) is 0 Å². The van der Waals surface area contributed by atoms with Gasteiger partial charge in [-0.2, -0.15) is 18.3 Å². The minimum Gasteiger partial charge on any atom is -0.267 e. The molecule has 0 aliphatic rings. The van der Waals surface area contributed by atoms with Crippen LogP contribution in [0.3, 0.4) is 0 Å². The van der Waals surface area contributed by atoms with Crippen LogP contribution in [0.1, 0.15) is 21.5 Å². The molecule has 24 heavy (non-hydrogen) atoms. The SMILES string of the molecule is O=C(N/N=C\c1ccccc1C(F)(F)F)c1ccc([N+](=O)[O-])cc1. The molecule has 0 aromatic heterocycles. The summed E-state index contributed by atoms with van der Waals surface area (Å²) in [5.41, 5.74) is 0.891. The second-order valence-electron chi connectivity index (χ2n) is 4.59. The molecule has 0 fully saturated rings. The number of benzene rings is 2. The maximum Gasteiger partial charge on any atom is 0.417 e. The molecule has 6 nitrogen and oxygen atoms in total. The fourth-order valence-corrected chi connectivity index (χ4v) is 1.83. The van der Waals surface area contributed by atoms with Crippen LogP contribution in [0.25, 0.3) is 0 Å². The van der Waals surface area contributed by atoms with Gasteiger partial charge in [-0.05, 0) is 18.2 Å². The molecule has 1 amide bonds. The summed E-state index contributed by atoms with van der Waals surface area (Å²) in [4.78, 5) is 21.7. The first-order valence-electron chi connectivity index (χ1n) is 6.53. The lowest BCUT2D eigenvalue weighted by molar-refractivity contribution is -0.384. The zero-order valence-corrected chi connectivity index (χ0v) is 11.9. The normalized spacial score (nSPS) is 11.5. The highest BCUT2D eigenvalue weighted by molar-refractivity contribution is 5.95. The van der Waals surface area contributed by atoms with Crippen LogP contribution in [0.2, 0.25) is 0 Å². The zero-order valence-electron chi connectivity index (χ0n) is 11.9. The minimum atomic E-state index is -4.54. The van der Waals surface area contributed by atoms with Crippen molar-refractivity contribution in [1.29, 1.82) is 0 Å². The van der Waals surface area contributed by atoms with Gasteiger partial charge in [0.05, 0.1) is 16.7 Å². The van der Waals surface area contributed by atoms with Gasteiger partial charge in [-0.15, -0.1) is 0 Å². The molecular weight excluding hydrogens is 327 g/mol. The van der Waals surface area contributed by atoms with Gasteiger partial charge in [0.25, 0.3) is 11.6 Å². The molecule has 0 saturated carbocycles. The average molecular weight is 337 g/mol. The van der Waals surface area contributed by atoms with Crippen molar-refractivity contribution in [3.05, 3.63) is 75.3 Å². The number of alkyl halides is 3. The van der Waals surface area contributed by atoms with Crippen LogP contribution >= 0.6 is 0 Å². The number of carbonyl (C=O) groups is 1. The van der Waals surface area contributed by atoms with E-state index in [1.165, 1.54) is 30.3 Å². The maximum absolute atomic E-state index is 12.8. The van der Waals surface area contributed by atoms with E-state index < -0.39 is 22.6 Å². The quantitative estimate of drug-likeness (QED) is 0.527. The molecule has 2 rings (SSSR count). The molecule has 0 saturated heterocycles. The summed E-state index contributed by atoms with van der Waals surface area (Å²) in [5.74, 6) is -0.703. The number of nitrogens with one attached hydrogen (secondary N) is 1. The van der Waals surface area contributed by atoms with Gasteiger partial charge in [-0.3, -0.25) is 14.9 Å². The summed E-state index contributed by atoms with van der Waals surface area (Å²) < 4.78 is 38.4. The van der Waals surface area contributed by atoms with Crippen LogP contribution in [0.5, 0.6) is 0 Å². The van der Waals surface area contributed by atoms with Crippen LogP contribution in [0.15, 0.2) is 53.6 Å². The Balaban J connectivity index is 2.09. The number of non-ortho nitro benzene ring substituents is 1. The number of hydrazone groups is 1. The number of halogens is 3. The van der Waals surface area contributed by atoms with E-state index in [1.54, 1.807) is 0 Å². The number of hydrogen-bond acceptors (Lipinski definition) is 4. The Morgan fingerprint density at radius 3 is 2.33 bits per heavy atom. The molecule has 0 aliphatic carbocycles. The molecule has 0 heterocycles. The Kier molecular flexibility index (Phi) is 4.93. The Hall–Kier alpha value is -3.23. The predicted molar refractivity (Wildman–Crippen MR) is 79.6 cm³/mol. The lowest BCUT2D eigenvalue weighted by Gasteiger charge is -2.09. The fourth-order valence-electron chi connectivity index (χ4n) is 1.83. The summed E-state index contributed by atoms with van der Waals surface area (Å²) in [6.45, 7) is 0. The fraction of sp³-hybridized carbons (Fsp3) is 0.0667. The van der Waals surface area contributed by atoms with Gasteiger partial charge in [0.15, 0.2) is 0 Å². The summed E-state index contributed by atoms with van der Waals surface area (Å²) >= 11 is 0. The van der Waals surface area contributed by atoms with Crippen molar-refractivity contribution in [1.82, 2.24) is 5.43 Å². The summed E-state index contributed by atoms with van der Waals surface area (Å²) in [6, 6.07) is 9.47. The van der Waals surface area contributed by atoms with E-state index >= 15 is 0 Å². The first-order valence-corrected chi connectivity index (χ1v) is 6.53. The molecule has 2 aromatic rings. The molecule has 0 radical (unpaired) electrons. The number of nitro benzene ring substituents is 1. The van der Waals surface area contributed by atoms with E-state index in [2.05, 4.69) is 10.5 Å². The van der Waals surface area contributed by atoms with Crippen molar-refractivity contribution in [3.63, 3.8) is 0 Å². The molecule has 0 bridgehead atoms. The van der Waals surface area contributed by atoms with Gasteiger partial charge in [-0.25, -0.2) is 5.43 Å². The summed E-state index contributed by atoms with van der Waals surface area (Å²) in [6.07, 6.45) is -3.66. The monoisotopic (exact) mass is 337 g/mol. The molecular formula is C15H10F3N3O3. The van der Waals surface area contributed by atoms with Crippen LogP contribution in [-0.4, -0.2) is 17.0 Å². The molecule has 1 N–H and O–H groups in total. The third kappa shape index (κ3) is 4.15. The van der Waals surface area contributed by atoms with Crippen molar-refractivity contribution in [2.75, 3.05) is 0 Å². The number of amides is 1. The highest BCUT2D eigenvalue weighted by Crippen LogP contribution is 2.31. The lowest BCUT2D eigenvalue weighted by atomic mass is 10.1. The summed E-state index contributed by atoms with van der Waals surface area (Å²) in [5, 5.41) is 14.0. The highest BCUT2D eigenvalue weighted by Gasteiger charge is 2.32. The third-order valence-electron chi connectivity index (χ3n) is 2.98. The van der Waals surface area contributed by atoms with Crippen LogP contribution in [-0.2, 0) is 6.18 Å². The number of nitrogens with zero attached hydrogens (tertiary/aromatic N) is 2. The van der Waals surface area contributed by atoms with E-state index in [0.717, 1.165) is 24.4 Å². The average Bonchev–Trinajstić information content (AvgIpc) is 2.54. The van der Waals surface area contributed by atoms with E-state index in [0.29, 0.717) is 0 Å². The largest absolute Gasteiger partial charge is 0.417 e. The van der Waals surface area contributed by atoms with Gasteiger partial charge in [0.1, 0.15) is 0 Å². The standard InChI is InChI=1S/C15H10F3N3O3/c16-15(17,18)13-4-2-1-3-11(13)9-19-20-14(22)10-5-7-12(8-6-10)21(23)24/h1-9H,(H,20,22)/b19-9-.